The maximum atomic E-state index is 9.42. The van der Waals surface area contributed by atoms with E-state index in [-0.39, 0.29) is 11.8 Å². The van der Waals surface area contributed by atoms with E-state index < -0.39 is 0 Å². The van der Waals surface area contributed by atoms with Gasteiger partial charge in [-0.2, -0.15) is 0 Å². The number of nitrogens with two attached hydrogens (primary N) is 1. The maximum absolute atomic E-state index is 9.42. The van der Waals surface area contributed by atoms with E-state index >= 15 is 0 Å². The zero-order valence-electron chi connectivity index (χ0n) is 6.99. The first-order valence-corrected chi connectivity index (χ1v) is 4.37. The predicted molar refractivity (Wildman–Crippen MR) is 52.6 cm³/mol. The van der Waals surface area contributed by atoms with Gasteiger partial charge in [-0.05, 0) is 24.6 Å². The second kappa shape index (κ2) is 3.83. The molecule has 0 saturated heterocycles. The number of phenolic OH excluding ortho intramolecular Hbond substituents is 1. The van der Waals surface area contributed by atoms with Crippen LogP contribution in [0.3, 0.4) is 0 Å². The Kier molecular flexibility index (Phi) is 3.00. The molecule has 1 atom stereocenters. The lowest BCUT2D eigenvalue weighted by Gasteiger charge is -2.11. The fourth-order valence-corrected chi connectivity index (χ4v) is 1.27. The van der Waals surface area contributed by atoms with Gasteiger partial charge in [-0.15, -0.1) is 12.6 Å². The molecule has 0 spiro atoms. The summed E-state index contributed by atoms with van der Waals surface area (Å²) in [5.41, 5.74) is 6.54. The molecular weight excluding hydrogens is 170 g/mol. The quantitative estimate of drug-likeness (QED) is 0.615. The molecule has 0 fully saturated rings. The molecule has 0 unspecified atom stereocenters. The van der Waals surface area contributed by atoms with Crippen molar-refractivity contribution in [3.63, 3.8) is 0 Å². The molecule has 0 amide bonds. The van der Waals surface area contributed by atoms with Gasteiger partial charge in [0.1, 0.15) is 5.75 Å². The van der Waals surface area contributed by atoms with Crippen molar-refractivity contribution in [3.8, 4) is 5.75 Å². The summed E-state index contributed by atoms with van der Waals surface area (Å²) in [6.45, 7) is 1.98. The average molecular weight is 183 g/mol. The minimum absolute atomic E-state index is 0.0999. The molecular formula is C9H13NOS. The third-order valence-electron chi connectivity index (χ3n) is 1.85. The molecule has 0 aliphatic carbocycles. The Labute approximate surface area is 77.8 Å². The van der Waals surface area contributed by atoms with Crippen molar-refractivity contribution in [3.05, 3.63) is 23.8 Å². The lowest BCUT2D eigenvalue weighted by Crippen LogP contribution is -2.08. The Morgan fingerprint density at radius 2 is 2.25 bits per heavy atom. The molecule has 2 nitrogen and oxygen atoms in total. The zero-order valence-corrected chi connectivity index (χ0v) is 7.88. The van der Waals surface area contributed by atoms with Gasteiger partial charge in [0.05, 0.1) is 0 Å². The van der Waals surface area contributed by atoms with Gasteiger partial charge in [0.25, 0.3) is 0 Å². The molecule has 3 heteroatoms. The van der Waals surface area contributed by atoms with E-state index in [0.717, 1.165) is 16.9 Å². The topological polar surface area (TPSA) is 46.2 Å². The molecule has 3 N–H and O–H groups in total. The van der Waals surface area contributed by atoms with Crippen molar-refractivity contribution in [1.82, 2.24) is 0 Å². The molecule has 0 heterocycles. The fraction of sp³-hybridized carbons (Fsp3) is 0.333. The smallest absolute Gasteiger partial charge is 0.120 e. The van der Waals surface area contributed by atoms with E-state index in [2.05, 4.69) is 12.6 Å². The average Bonchev–Trinajstić information content (AvgIpc) is 2.08. The molecule has 0 aliphatic rings. The third-order valence-corrected chi connectivity index (χ3v) is 2.13. The molecule has 66 valence electrons. The maximum Gasteiger partial charge on any atom is 0.120 e. The summed E-state index contributed by atoms with van der Waals surface area (Å²) in [4.78, 5) is 0.826. The summed E-state index contributed by atoms with van der Waals surface area (Å²) in [7, 11) is 0. The molecule has 1 aromatic carbocycles. The highest BCUT2D eigenvalue weighted by Crippen LogP contribution is 2.26. The number of hydrogen-bond acceptors (Lipinski definition) is 3. The SMILES string of the molecule is CC[C@@H](N)c1cc(S)ccc1O. The van der Waals surface area contributed by atoms with Crippen LogP contribution in [0.4, 0.5) is 0 Å². The molecule has 12 heavy (non-hydrogen) atoms. The molecule has 0 aromatic heterocycles. The van der Waals surface area contributed by atoms with E-state index in [0.29, 0.717) is 0 Å². The second-order valence-electron chi connectivity index (χ2n) is 2.76. The molecule has 1 aromatic rings. The second-order valence-corrected chi connectivity index (χ2v) is 3.27. The summed E-state index contributed by atoms with van der Waals surface area (Å²) in [5.74, 6) is 0.252. The normalized spacial score (nSPS) is 12.9. The number of aromatic hydroxyl groups is 1. The van der Waals surface area contributed by atoms with Crippen LogP contribution in [0.15, 0.2) is 23.1 Å². The van der Waals surface area contributed by atoms with Crippen LogP contribution in [0.25, 0.3) is 0 Å². The first kappa shape index (κ1) is 9.42. The van der Waals surface area contributed by atoms with Crippen molar-refractivity contribution >= 4 is 12.6 Å². The third kappa shape index (κ3) is 1.93. The lowest BCUT2D eigenvalue weighted by atomic mass is 10.0. The van der Waals surface area contributed by atoms with Crippen LogP contribution in [0.1, 0.15) is 24.9 Å². The van der Waals surface area contributed by atoms with E-state index in [1.54, 1.807) is 18.2 Å². The predicted octanol–water partition coefficient (Wildman–Crippen LogP) is 2.09. The summed E-state index contributed by atoms with van der Waals surface area (Å²) < 4.78 is 0. The van der Waals surface area contributed by atoms with Crippen LogP contribution < -0.4 is 5.73 Å². The Bertz CT molecular complexity index is 275. The highest BCUT2D eigenvalue weighted by atomic mass is 32.1. The van der Waals surface area contributed by atoms with Gasteiger partial charge >= 0.3 is 0 Å². The van der Waals surface area contributed by atoms with E-state index in [1.807, 2.05) is 6.92 Å². The largest absolute Gasteiger partial charge is 0.508 e. The first-order valence-electron chi connectivity index (χ1n) is 3.92. The Morgan fingerprint density at radius 1 is 1.58 bits per heavy atom. The molecule has 0 radical (unpaired) electrons. The van der Waals surface area contributed by atoms with Gasteiger partial charge in [0.2, 0.25) is 0 Å². The Hall–Kier alpha value is -0.670. The summed E-state index contributed by atoms with van der Waals surface area (Å²) >= 11 is 4.17. The number of hydrogen-bond donors (Lipinski definition) is 3. The fourth-order valence-electron chi connectivity index (χ4n) is 1.06. The minimum atomic E-state index is -0.0999. The van der Waals surface area contributed by atoms with Crippen LogP contribution >= 0.6 is 12.6 Å². The summed E-state index contributed by atoms with van der Waals surface area (Å²) in [6, 6.07) is 5.06. The van der Waals surface area contributed by atoms with Crippen LogP contribution in [0, 0.1) is 0 Å². The lowest BCUT2D eigenvalue weighted by molar-refractivity contribution is 0.459. The molecule has 1 rings (SSSR count). The van der Waals surface area contributed by atoms with Gasteiger partial charge in [0.15, 0.2) is 0 Å². The highest BCUT2D eigenvalue weighted by molar-refractivity contribution is 7.80. The van der Waals surface area contributed by atoms with Crippen molar-refractivity contribution in [2.75, 3.05) is 0 Å². The van der Waals surface area contributed by atoms with Crippen LogP contribution in [-0.2, 0) is 0 Å². The number of rotatable bonds is 2. The van der Waals surface area contributed by atoms with Crippen LogP contribution in [-0.4, -0.2) is 5.11 Å². The van der Waals surface area contributed by atoms with Crippen LogP contribution in [0.5, 0.6) is 5.75 Å². The monoisotopic (exact) mass is 183 g/mol. The number of phenols is 1. The van der Waals surface area contributed by atoms with Gasteiger partial charge in [-0.1, -0.05) is 6.92 Å². The van der Waals surface area contributed by atoms with Crippen molar-refractivity contribution in [2.45, 2.75) is 24.3 Å². The molecule has 0 saturated carbocycles. The van der Waals surface area contributed by atoms with Gasteiger partial charge in [-0.25, -0.2) is 0 Å². The van der Waals surface area contributed by atoms with Gasteiger partial charge < -0.3 is 10.8 Å². The Morgan fingerprint density at radius 3 is 2.83 bits per heavy atom. The van der Waals surface area contributed by atoms with E-state index in [4.69, 9.17) is 5.73 Å². The summed E-state index contributed by atoms with van der Waals surface area (Å²) in [5, 5.41) is 9.42. The van der Waals surface area contributed by atoms with Crippen molar-refractivity contribution in [2.24, 2.45) is 5.73 Å². The summed E-state index contributed by atoms with van der Waals surface area (Å²) in [6.07, 6.45) is 0.810. The van der Waals surface area contributed by atoms with Crippen LogP contribution in [0.2, 0.25) is 0 Å². The van der Waals surface area contributed by atoms with E-state index in [1.165, 1.54) is 0 Å². The zero-order chi connectivity index (χ0) is 9.14. The molecule has 0 bridgehead atoms. The standard InChI is InChI=1S/C9H13NOS/c1-2-8(10)7-5-6(12)3-4-9(7)11/h3-5,8,11-12H,2,10H2,1H3/t8-/m1/s1. The Balaban J connectivity index is 3.04. The highest BCUT2D eigenvalue weighted by Gasteiger charge is 2.08. The minimum Gasteiger partial charge on any atom is -0.508 e. The van der Waals surface area contributed by atoms with Gasteiger partial charge in [0, 0.05) is 16.5 Å². The first-order chi connectivity index (χ1) is 5.65. The number of benzene rings is 1. The number of thiol groups is 1. The van der Waals surface area contributed by atoms with E-state index in [9.17, 15) is 5.11 Å². The van der Waals surface area contributed by atoms with Crippen molar-refractivity contribution < 1.29 is 5.11 Å². The van der Waals surface area contributed by atoms with Crippen molar-refractivity contribution in [1.29, 1.82) is 0 Å². The van der Waals surface area contributed by atoms with Gasteiger partial charge in [-0.3, -0.25) is 0 Å². The molecule has 0 aliphatic heterocycles.